The molecular weight excluding hydrogens is 300 g/mol. The molecule has 0 radical (unpaired) electrons. The monoisotopic (exact) mass is 316 g/mol. The molecule has 116 valence electrons. The molecule has 0 bridgehead atoms. The Labute approximate surface area is 127 Å². The van der Waals surface area contributed by atoms with E-state index >= 15 is 0 Å². The standard InChI is InChI=1S/C12H17ClN4O4/c1-5-8(11(18)21-4)16(7(2)3)10-9(17(19)20)6-14-12(13)15-10/h6-8H,5H2,1-4H3. The lowest BCUT2D eigenvalue weighted by Crippen LogP contribution is -2.46. The molecule has 21 heavy (non-hydrogen) atoms. The van der Waals surface area contributed by atoms with Crippen molar-refractivity contribution in [1.82, 2.24) is 9.97 Å². The molecule has 9 heteroatoms. The van der Waals surface area contributed by atoms with Gasteiger partial charge in [0.25, 0.3) is 0 Å². The van der Waals surface area contributed by atoms with Crippen LogP contribution in [0.25, 0.3) is 0 Å². The van der Waals surface area contributed by atoms with E-state index in [-0.39, 0.29) is 22.8 Å². The summed E-state index contributed by atoms with van der Waals surface area (Å²) in [7, 11) is 1.27. The van der Waals surface area contributed by atoms with E-state index in [1.807, 2.05) is 0 Å². The molecule has 0 amide bonds. The number of rotatable bonds is 6. The quantitative estimate of drug-likeness (QED) is 0.343. The summed E-state index contributed by atoms with van der Waals surface area (Å²) in [4.78, 5) is 31.5. The smallest absolute Gasteiger partial charge is 0.329 e. The number of hydrogen-bond acceptors (Lipinski definition) is 7. The first-order valence-corrected chi connectivity index (χ1v) is 6.74. The molecule has 1 unspecified atom stereocenters. The number of esters is 1. The number of carbonyl (C=O) groups excluding carboxylic acids is 1. The minimum atomic E-state index is -0.695. The largest absolute Gasteiger partial charge is 0.467 e. The second kappa shape index (κ2) is 7.16. The fourth-order valence-corrected chi connectivity index (χ4v) is 2.16. The Hall–Kier alpha value is -1.96. The van der Waals surface area contributed by atoms with E-state index < -0.39 is 16.9 Å². The fraction of sp³-hybridized carbons (Fsp3) is 0.583. The van der Waals surface area contributed by atoms with Crippen LogP contribution < -0.4 is 4.90 Å². The van der Waals surface area contributed by atoms with Crippen LogP contribution in [0.1, 0.15) is 27.2 Å². The highest BCUT2D eigenvalue weighted by Crippen LogP contribution is 2.30. The highest BCUT2D eigenvalue weighted by molar-refractivity contribution is 6.28. The summed E-state index contributed by atoms with van der Waals surface area (Å²) in [5.74, 6) is -0.484. The number of carbonyl (C=O) groups is 1. The highest BCUT2D eigenvalue weighted by atomic mass is 35.5. The normalized spacial score (nSPS) is 12.1. The number of halogens is 1. The van der Waals surface area contributed by atoms with Crippen molar-refractivity contribution in [1.29, 1.82) is 0 Å². The number of nitrogens with zero attached hydrogens (tertiary/aromatic N) is 4. The van der Waals surface area contributed by atoms with Gasteiger partial charge in [-0.25, -0.2) is 9.78 Å². The van der Waals surface area contributed by atoms with Crippen molar-refractivity contribution < 1.29 is 14.5 Å². The number of hydrogen-bond donors (Lipinski definition) is 0. The molecule has 1 atom stereocenters. The molecule has 0 N–H and O–H groups in total. The zero-order valence-electron chi connectivity index (χ0n) is 12.2. The second-order valence-corrected chi connectivity index (χ2v) is 4.89. The summed E-state index contributed by atoms with van der Waals surface area (Å²) >= 11 is 5.74. The van der Waals surface area contributed by atoms with Crippen LogP contribution >= 0.6 is 11.6 Å². The van der Waals surface area contributed by atoms with Gasteiger partial charge in [0.15, 0.2) is 0 Å². The Bertz CT molecular complexity index is 538. The first kappa shape index (κ1) is 17.1. The van der Waals surface area contributed by atoms with Crippen LogP contribution in [-0.2, 0) is 9.53 Å². The van der Waals surface area contributed by atoms with Gasteiger partial charge >= 0.3 is 11.7 Å². The Morgan fingerprint density at radius 2 is 2.19 bits per heavy atom. The molecule has 0 fully saturated rings. The zero-order valence-corrected chi connectivity index (χ0v) is 13.0. The van der Waals surface area contributed by atoms with Gasteiger partial charge in [0, 0.05) is 6.04 Å². The topological polar surface area (TPSA) is 98.5 Å². The van der Waals surface area contributed by atoms with Crippen LogP contribution in [-0.4, -0.2) is 40.1 Å². The van der Waals surface area contributed by atoms with Crippen LogP contribution in [0.4, 0.5) is 11.5 Å². The molecule has 1 aromatic rings. The third-order valence-corrected chi connectivity index (χ3v) is 3.10. The number of ether oxygens (including phenoxy) is 1. The van der Waals surface area contributed by atoms with Gasteiger partial charge in [-0.1, -0.05) is 6.92 Å². The van der Waals surface area contributed by atoms with E-state index in [4.69, 9.17) is 16.3 Å². The molecule has 0 aromatic carbocycles. The molecule has 0 aliphatic heterocycles. The zero-order chi connectivity index (χ0) is 16.2. The maximum absolute atomic E-state index is 11.9. The van der Waals surface area contributed by atoms with Crippen molar-refractivity contribution in [3.63, 3.8) is 0 Å². The van der Waals surface area contributed by atoms with Gasteiger partial charge in [0.05, 0.1) is 12.0 Å². The maximum Gasteiger partial charge on any atom is 0.329 e. The molecule has 1 rings (SSSR count). The lowest BCUT2D eigenvalue weighted by atomic mass is 10.1. The Balaban J connectivity index is 3.44. The summed E-state index contributed by atoms with van der Waals surface area (Å²) in [6.07, 6.45) is 1.44. The molecule has 1 aromatic heterocycles. The van der Waals surface area contributed by atoms with E-state index in [0.29, 0.717) is 6.42 Å². The van der Waals surface area contributed by atoms with Crippen molar-refractivity contribution >= 4 is 29.1 Å². The Kier molecular flexibility index (Phi) is 5.83. The van der Waals surface area contributed by atoms with Gasteiger partial charge in [0.2, 0.25) is 11.1 Å². The minimum Gasteiger partial charge on any atom is -0.467 e. The molecular formula is C12H17ClN4O4. The van der Waals surface area contributed by atoms with Crippen LogP contribution in [0.5, 0.6) is 0 Å². The SMILES string of the molecule is CCC(C(=O)OC)N(c1nc(Cl)ncc1[N+](=O)[O-])C(C)C. The highest BCUT2D eigenvalue weighted by Gasteiger charge is 2.33. The van der Waals surface area contributed by atoms with Gasteiger partial charge in [-0.05, 0) is 31.9 Å². The van der Waals surface area contributed by atoms with Gasteiger partial charge in [-0.3, -0.25) is 10.1 Å². The summed E-state index contributed by atoms with van der Waals surface area (Å²) in [6.45, 7) is 5.38. The Morgan fingerprint density at radius 1 is 1.57 bits per heavy atom. The maximum atomic E-state index is 11.9. The van der Waals surface area contributed by atoms with Crippen molar-refractivity contribution in [2.24, 2.45) is 0 Å². The average molecular weight is 317 g/mol. The molecule has 0 saturated heterocycles. The van der Waals surface area contributed by atoms with E-state index in [0.717, 1.165) is 6.20 Å². The fourth-order valence-electron chi connectivity index (χ4n) is 2.03. The molecule has 0 spiro atoms. The molecule has 0 aliphatic carbocycles. The summed E-state index contributed by atoms with van der Waals surface area (Å²) in [5.41, 5.74) is -0.310. The Morgan fingerprint density at radius 3 is 2.62 bits per heavy atom. The second-order valence-electron chi connectivity index (χ2n) is 4.55. The van der Waals surface area contributed by atoms with E-state index in [2.05, 4.69) is 9.97 Å². The van der Waals surface area contributed by atoms with Gasteiger partial charge in [0.1, 0.15) is 12.2 Å². The van der Waals surface area contributed by atoms with E-state index in [1.165, 1.54) is 12.0 Å². The predicted molar refractivity (Wildman–Crippen MR) is 77.4 cm³/mol. The van der Waals surface area contributed by atoms with Crippen molar-refractivity contribution in [2.75, 3.05) is 12.0 Å². The number of aromatic nitrogens is 2. The summed E-state index contributed by atoms with van der Waals surface area (Å²) < 4.78 is 4.76. The van der Waals surface area contributed by atoms with Crippen LogP contribution in [0.3, 0.4) is 0 Å². The summed E-state index contributed by atoms with van der Waals surface area (Å²) in [6, 6.07) is -0.918. The van der Waals surface area contributed by atoms with Crippen molar-refractivity contribution in [3.05, 3.63) is 21.6 Å². The average Bonchev–Trinajstić information content (AvgIpc) is 2.42. The van der Waals surface area contributed by atoms with Gasteiger partial charge < -0.3 is 9.64 Å². The van der Waals surface area contributed by atoms with E-state index in [9.17, 15) is 14.9 Å². The molecule has 8 nitrogen and oxygen atoms in total. The van der Waals surface area contributed by atoms with Crippen LogP contribution in [0.2, 0.25) is 5.28 Å². The van der Waals surface area contributed by atoms with Crippen LogP contribution in [0, 0.1) is 10.1 Å². The third-order valence-electron chi connectivity index (χ3n) is 2.91. The van der Waals surface area contributed by atoms with Crippen LogP contribution in [0.15, 0.2) is 6.20 Å². The van der Waals surface area contributed by atoms with Crippen molar-refractivity contribution in [2.45, 2.75) is 39.3 Å². The molecule has 1 heterocycles. The minimum absolute atomic E-state index is 0.00671. The van der Waals surface area contributed by atoms with Gasteiger partial charge in [-0.15, -0.1) is 0 Å². The first-order valence-electron chi connectivity index (χ1n) is 6.36. The van der Waals surface area contributed by atoms with Crippen molar-refractivity contribution in [3.8, 4) is 0 Å². The lowest BCUT2D eigenvalue weighted by molar-refractivity contribution is -0.384. The van der Waals surface area contributed by atoms with Gasteiger partial charge in [-0.2, -0.15) is 4.98 Å². The summed E-state index contributed by atoms with van der Waals surface area (Å²) in [5, 5.41) is 11.0. The third kappa shape index (κ3) is 3.78. The molecule has 0 aliphatic rings. The number of anilines is 1. The predicted octanol–water partition coefficient (Wildman–Crippen LogP) is 2.20. The van der Waals surface area contributed by atoms with E-state index in [1.54, 1.807) is 20.8 Å². The first-order chi connectivity index (χ1) is 9.83. The lowest BCUT2D eigenvalue weighted by Gasteiger charge is -2.33. The molecule has 0 saturated carbocycles. The number of methoxy groups -OCH3 is 1. The number of nitro groups is 1.